The SMILES string of the molecule is CCc1cnc(CNC(=NC)NCCc2cccc(C(=O)N(C)C)c2)s1. The molecule has 2 rings (SSSR count). The van der Waals surface area contributed by atoms with E-state index in [1.807, 2.05) is 30.5 Å². The number of nitrogens with one attached hydrogen (secondary N) is 2. The van der Waals surface area contributed by atoms with Crippen molar-refractivity contribution in [3.05, 3.63) is 51.5 Å². The zero-order valence-electron chi connectivity index (χ0n) is 15.9. The number of thiazole rings is 1. The minimum Gasteiger partial charge on any atom is -0.356 e. The molecule has 1 heterocycles. The molecule has 0 aliphatic rings. The standard InChI is InChI=1S/C19H27N5OS/c1-5-16-12-22-17(26-16)13-23-19(20-2)21-10-9-14-7-6-8-15(11-14)18(25)24(3)4/h6-8,11-12H,5,9-10,13H2,1-4H3,(H2,20,21,23). The van der Waals surface area contributed by atoms with Crippen LogP contribution in [0.2, 0.25) is 0 Å². The van der Waals surface area contributed by atoms with Crippen molar-refractivity contribution in [3.63, 3.8) is 0 Å². The highest BCUT2D eigenvalue weighted by molar-refractivity contribution is 7.11. The van der Waals surface area contributed by atoms with Crippen LogP contribution in [0.3, 0.4) is 0 Å². The molecule has 0 spiro atoms. The highest BCUT2D eigenvalue weighted by Crippen LogP contribution is 2.12. The highest BCUT2D eigenvalue weighted by Gasteiger charge is 2.08. The fourth-order valence-corrected chi connectivity index (χ4v) is 3.22. The van der Waals surface area contributed by atoms with Crippen LogP contribution in [-0.2, 0) is 19.4 Å². The summed E-state index contributed by atoms with van der Waals surface area (Å²) < 4.78 is 0. The summed E-state index contributed by atoms with van der Waals surface area (Å²) in [6.07, 6.45) is 3.76. The molecule has 0 fully saturated rings. The maximum atomic E-state index is 12.0. The molecule has 0 bridgehead atoms. The number of hydrogen-bond acceptors (Lipinski definition) is 4. The molecule has 1 aromatic heterocycles. The number of rotatable bonds is 7. The molecule has 1 aromatic carbocycles. The summed E-state index contributed by atoms with van der Waals surface area (Å²) in [7, 11) is 5.28. The normalized spacial score (nSPS) is 11.3. The maximum absolute atomic E-state index is 12.0. The van der Waals surface area contributed by atoms with E-state index in [1.165, 1.54) is 4.88 Å². The Labute approximate surface area is 159 Å². The third kappa shape index (κ3) is 5.84. The Morgan fingerprint density at radius 3 is 2.77 bits per heavy atom. The summed E-state index contributed by atoms with van der Waals surface area (Å²) in [5.41, 5.74) is 1.83. The molecule has 6 nitrogen and oxygen atoms in total. The van der Waals surface area contributed by atoms with Crippen molar-refractivity contribution < 1.29 is 4.79 Å². The van der Waals surface area contributed by atoms with Crippen molar-refractivity contribution in [1.29, 1.82) is 0 Å². The van der Waals surface area contributed by atoms with Gasteiger partial charge >= 0.3 is 0 Å². The van der Waals surface area contributed by atoms with Crippen LogP contribution >= 0.6 is 11.3 Å². The van der Waals surface area contributed by atoms with E-state index in [2.05, 4.69) is 27.5 Å². The molecule has 26 heavy (non-hydrogen) atoms. The Balaban J connectivity index is 1.82. The summed E-state index contributed by atoms with van der Waals surface area (Å²) in [4.78, 5) is 23.6. The van der Waals surface area contributed by atoms with Crippen molar-refractivity contribution >= 4 is 23.2 Å². The van der Waals surface area contributed by atoms with E-state index in [-0.39, 0.29) is 5.91 Å². The minimum absolute atomic E-state index is 0.0205. The number of nitrogens with zero attached hydrogens (tertiary/aromatic N) is 3. The molecule has 7 heteroatoms. The zero-order valence-corrected chi connectivity index (χ0v) is 16.7. The number of carbonyl (C=O) groups excluding carboxylic acids is 1. The first-order chi connectivity index (χ1) is 12.5. The lowest BCUT2D eigenvalue weighted by molar-refractivity contribution is 0.0827. The van der Waals surface area contributed by atoms with Crippen LogP contribution in [0.25, 0.3) is 0 Å². The predicted molar refractivity (Wildman–Crippen MR) is 108 cm³/mol. The second kappa shape index (κ2) is 9.91. The van der Waals surface area contributed by atoms with Gasteiger partial charge in [-0.1, -0.05) is 19.1 Å². The van der Waals surface area contributed by atoms with Crippen LogP contribution in [-0.4, -0.2) is 49.4 Å². The van der Waals surface area contributed by atoms with Gasteiger partial charge in [-0.15, -0.1) is 11.3 Å². The fraction of sp³-hybridized carbons (Fsp3) is 0.421. The van der Waals surface area contributed by atoms with E-state index in [1.54, 1.807) is 37.4 Å². The monoisotopic (exact) mass is 373 g/mol. The summed E-state index contributed by atoms with van der Waals surface area (Å²) in [6, 6.07) is 7.75. The number of amides is 1. The first-order valence-corrected chi connectivity index (χ1v) is 9.53. The van der Waals surface area contributed by atoms with Gasteiger partial charge < -0.3 is 15.5 Å². The van der Waals surface area contributed by atoms with Gasteiger partial charge in [0.2, 0.25) is 0 Å². The molecule has 0 aliphatic heterocycles. The Kier molecular flexibility index (Phi) is 7.59. The topological polar surface area (TPSA) is 69.6 Å². The van der Waals surface area contributed by atoms with Gasteiger partial charge in [0, 0.05) is 44.3 Å². The van der Waals surface area contributed by atoms with Gasteiger partial charge in [0.05, 0.1) is 6.54 Å². The zero-order chi connectivity index (χ0) is 18.9. The molecule has 2 aromatic rings. The van der Waals surface area contributed by atoms with Crippen molar-refractivity contribution in [1.82, 2.24) is 20.5 Å². The number of benzene rings is 1. The maximum Gasteiger partial charge on any atom is 0.253 e. The van der Waals surface area contributed by atoms with Crippen molar-refractivity contribution in [2.24, 2.45) is 4.99 Å². The lowest BCUT2D eigenvalue weighted by atomic mass is 10.1. The van der Waals surface area contributed by atoms with Gasteiger partial charge in [0.1, 0.15) is 5.01 Å². The average molecular weight is 374 g/mol. The quantitative estimate of drug-likeness (QED) is 0.577. The van der Waals surface area contributed by atoms with E-state index in [0.29, 0.717) is 12.1 Å². The first kappa shape index (κ1) is 19.9. The molecule has 0 saturated carbocycles. The Hall–Kier alpha value is -2.41. The smallest absolute Gasteiger partial charge is 0.253 e. The molecule has 0 aliphatic carbocycles. The summed E-state index contributed by atoms with van der Waals surface area (Å²) >= 11 is 1.72. The van der Waals surface area contributed by atoms with Crippen LogP contribution in [0.15, 0.2) is 35.5 Å². The van der Waals surface area contributed by atoms with Gasteiger partial charge in [-0.3, -0.25) is 9.79 Å². The second-order valence-corrected chi connectivity index (χ2v) is 7.28. The molecular weight excluding hydrogens is 346 g/mol. The van der Waals surface area contributed by atoms with Gasteiger partial charge in [0.15, 0.2) is 5.96 Å². The molecule has 1 amide bonds. The van der Waals surface area contributed by atoms with Gasteiger partial charge in [-0.05, 0) is 30.5 Å². The summed E-state index contributed by atoms with van der Waals surface area (Å²) in [6.45, 7) is 3.53. The molecule has 2 N–H and O–H groups in total. The van der Waals surface area contributed by atoms with Crippen molar-refractivity contribution in [2.75, 3.05) is 27.7 Å². The number of aromatic nitrogens is 1. The van der Waals surface area contributed by atoms with Crippen LogP contribution in [0.4, 0.5) is 0 Å². The molecule has 0 atom stereocenters. The van der Waals surface area contributed by atoms with Gasteiger partial charge in [-0.2, -0.15) is 0 Å². The first-order valence-electron chi connectivity index (χ1n) is 8.72. The van der Waals surface area contributed by atoms with Crippen molar-refractivity contribution in [3.8, 4) is 0 Å². The van der Waals surface area contributed by atoms with E-state index in [0.717, 1.165) is 35.9 Å². The van der Waals surface area contributed by atoms with E-state index in [4.69, 9.17) is 0 Å². The lowest BCUT2D eigenvalue weighted by Gasteiger charge is -2.13. The van der Waals surface area contributed by atoms with Crippen LogP contribution in [0.1, 0.15) is 32.7 Å². The Bertz CT molecular complexity index is 754. The lowest BCUT2D eigenvalue weighted by Crippen LogP contribution is -2.37. The van der Waals surface area contributed by atoms with Gasteiger partial charge in [-0.25, -0.2) is 4.98 Å². The van der Waals surface area contributed by atoms with E-state index in [9.17, 15) is 4.79 Å². The predicted octanol–water partition coefficient (Wildman–Crippen LogP) is 2.31. The molecule has 140 valence electrons. The van der Waals surface area contributed by atoms with Crippen LogP contribution in [0.5, 0.6) is 0 Å². The average Bonchev–Trinajstić information content (AvgIpc) is 3.12. The van der Waals surface area contributed by atoms with E-state index >= 15 is 0 Å². The third-order valence-electron chi connectivity index (χ3n) is 3.87. The molecule has 0 saturated heterocycles. The summed E-state index contributed by atoms with van der Waals surface area (Å²) in [5, 5.41) is 7.64. The van der Waals surface area contributed by atoms with E-state index < -0.39 is 0 Å². The number of carbonyl (C=O) groups is 1. The minimum atomic E-state index is 0.0205. The Morgan fingerprint density at radius 1 is 1.31 bits per heavy atom. The molecule has 0 unspecified atom stereocenters. The molecular formula is C19H27N5OS. The third-order valence-corrected chi connectivity index (χ3v) is 5.01. The Morgan fingerprint density at radius 2 is 2.12 bits per heavy atom. The second-order valence-electron chi connectivity index (χ2n) is 6.08. The number of aliphatic imine (C=N–C) groups is 1. The van der Waals surface area contributed by atoms with Crippen molar-refractivity contribution in [2.45, 2.75) is 26.3 Å². The van der Waals surface area contributed by atoms with Crippen LogP contribution < -0.4 is 10.6 Å². The molecule has 0 radical (unpaired) electrons. The highest BCUT2D eigenvalue weighted by atomic mass is 32.1. The number of guanidine groups is 1. The fourth-order valence-electron chi connectivity index (χ4n) is 2.42. The largest absolute Gasteiger partial charge is 0.356 e. The number of hydrogen-bond donors (Lipinski definition) is 2. The summed E-state index contributed by atoms with van der Waals surface area (Å²) in [5.74, 6) is 0.769. The van der Waals surface area contributed by atoms with Crippen LogP contribution in [0, 0.1) is 0 Å². The number of aryl methyl sites for hydroxylation is 1. The van der Waals surface area contributed by atoms with Gasteiger partial charge in [0.25, 0.3) is 5.91 Å².